The molecular formula is C17H30N2O. The molecule has 0 spiro atoms. The van der Waals surface area contributed by atoms with Crippen molar-refractivity contribution < 1.29 is 5.11 Å². The van der Waals surface area contributed by atoms with Gasteiger partial charge in [0, 0.05) is 19.2 Å². The lowest BCUT2D eigenvalue weighted by Crippen LogP contribution is -2.47. The van der Waals surface area contributed by atoms with Crippen molar-refractivity contribution in [2.75, 3.05) is 0 Å². The van der Waals surface area contributed by atoms with Gasteiger partial charge < -0.3 is 5.11 Å². The maximum absolute atomic E-state index is 11.3. The van der Waals surface area contributed by atoms with Crippen LogP contribution in [0.15, 0.2) is 6.07 Å². The highest BCUT2D eigenvalue weighted by Crippen LogP contribution is 2.42. The van der Waals surface area contributed by atoms with Gasteiger partial charge in [-0.2, -0.15) is 5.10 Å². The summed E-state index contributed by atoms with van der Waals surface area (Å²) in [6.45, 7) is 8.88. The minimum atomic E-state index is -0.565. The van der Waals surface area contributed by atoms with Gasteiger partial charge in [0.1, 0.15) is 0 Å². The zero-order chi connectivity index (χ0) is 14.9. The highest BCUT2D eigenvalue weighted by Gasteiger charge is 2.43. The normalized spacial score (nSPS) is 30.9. The van der Waals surface area contributed by atoms with Crippen LogP contribution in [-0.4, -0.2) is 20.5 Å². The average molecular weight is 278 g/mol. The number of rotatable bonds is 4. The summed E-state index contributed by atoms with van der Waals surface area (Å²) in [5.41, 5.74) is 1.73. The number of hydrogen-bond donors (Lipinski definition) is 1. The van der Waals surface area contributed by atoms with Crippen molar-refractivity contribution >= 4 is 0 Å². The fraction of sp³-hybridized carbons (Fsp3) is 0.824. The van der Waals surface area contributed by atoms with Crippen LogP contribution in [-0.2, 0) is 19.9 Å². The van der Waals surface area contributed by atoms with Gasteiger partial charge in [-0.15, -0.1) is 0 Å². The van der Waals surface area contributed by atoms with Gasteiger partial charge >= 0.3 is 0 Å². The molecule has 1 aliphatic rings. The van der Waals surface area contributed by atoms with E-state index < -0.39 is 5.60 Å². The zero-order valence-electron chi connectivity index (χ0n) is 13.7. The molecule has 0 aliphatic heterocycles. The lowest BCUT2D eigenvalue weighted by molar-refractivity contribution is -0.0805. The Morgan fingerprint density at radius 3 is 2.70 bits per heavy atom. The molecule has 3 heteroatoms. The molecule has 0 radical (unpaired) electrons. The molecule has 1 fully saturated rings. The third kappa shape index (κ3) is 3.08. The van der Waals surface area contributed by atoms with E-state index in [1.54, 1.807) is 0 Å². The van der Waals surface area contributed by atoms with Crippen molar-refractivity contribution in [3.05, 3.63) is 17.5 Å². The molecule has 0 amide bonds. The van der Waals surface area contributed by atoms with Crippen LogP contribution in [0.5, 0.6) is 0 Å². The summed E-state index contributed by atoms with van der Waals surface area (Å²) < 4.78 is 1.95. The summed E-state index contributed by atoms with van der Waals surface area (Å²) in [6.07, 6.45) is 5.01. The van der Waals surface area contributed by atoms with E-state index >= 15 is 0 Å². The lowest BCUT2D eigenvalue weighted by atomic mass is 9.65. The van der Waals surface area contributed by atoms with E-state index in [-0.39, 0.29) is 0 Å². The molecule has 0 saturated heterocycles. The van der Waals surface area contributed by atoms with Crippen LogP contribution < -0.4 is 0 Å². The summed E-state index contributed by atoms with van der Waals surface area (Å²) >= 11 is 0. The minimum absolute atomic E-state index is 0.402. The van der Waals surface area contributed by atoms with Crippen LogP contribution in [0.4, 0.5) is 0 Å². The van der Waals surface area contributed by atoms with Gasteiger partial charge in [-0.1, -0.05) is 34.1 Å². The van der Waals surface area contributed by atoms with Gasteiger partial charge in [-0.25, -0.2) is 0 Å². The molecule has 1 aromatic rings. The Bertz CT molecular complexity index is 452. The van der Waals surface area contributed by atoms with E-state index in [0.717, 1.165) is 31.4 Å². The molecule has 3 nitrogen and oxygen atoms in total. The second-order valence-corrected chi connectivity index (χ2v) is 7.12. The molecule has 3 atom stereocenters. The molecule has 3 unspecified atom stereocenters. The van der Waals surface area contributed by atoms with Crippen LogP contribution in [0.1, 0.15) is 58.3 Å². The lowest BCUT2D eigenvalue weighted by Gasteiger charge is -2.44. The van der Waals surface area contributed by atoms with Crippen LogP contribution in [0.2, 0.25) is 0 Å². The molecule has 0 bridgehead atoms. The Morgan fingerprint density at radius 2 is 2.15 bits per heavy atom. The molecule has 1 heterocycles. The molecule has 1 saturated carbocycles. The number of aliphatic hydroxyl groups is 1. The summed E-state index contributed by atoms with van der Waals surface area (Å²) in [4.78, 5) is 0. The highest BCUT2D eigenvalue weighted by atomic mass is 16.3. The van der Waals surface area contributed by atoms with Crippen LogP contribution in [0.3, 0.4) is 0 Å². The Hall–Kier alpha value is -0.830. The first-order chi connectivity index (χ1) is 9.35. The van der Waals surface area contributed by atoms with Gasteiger partial charge in [-0.05, 0) is 43.1 Å². The van der Waals surface area contributed by atoms with Gasteiger partial charge in [0.15, 0.2) is 0 Å². The highest BCUT2D eigenvalue weighted by molar-refractivity contribution is 5.14. The maximum atomic E-state index is 11.3. The third-order valence-electron chi connectivity index (χ3n) is 5.04. The fourth-order valence-corrected chi connectivity index (χ4v) is 3.97. The van der Waals surface area contributed by atoms with Crippen molar-refractivity contribution in [1.82, 2.24) is 9.78 Å². The second kappa shape index (κ2) is 5.88. The monoisotopic (exact) mass is 278 g/mol. The van der Waals surface area contributed by atoms with Crippen molar-refractivity contribution in [2.45, 2.75) is 65.4 Å². The van der Waals surface area contributed by atoms with Crippen molar-refractivity contribution in [1.29, 1.82) is 0 Å². The molecule has 1 N–H and O–H groups in total. The summed E-state index contributed by atoms with van der Waals surface area (Å²) in [7, 11) is 1.99. The number of aryl methyl sites for hydroxylation is 2. The van der Waals surface area contributed by atoms with E-state index in [1.165, 1.54) is 12.1 Å². The van der Waals surface area contributed by atoms with E-state index in [4.69, 9.17) is 0 Å². The standard InChI is InChI=1S/C17H30N2O/c1-6-14-9-15(19(5)18-14)11-17(20)10-13(4)7-8-16(17)12(2)3/h9,12-13,16,20H,6-8,10-11H2,1-5H3. The molecule has 1 aliphatic carbocycles. The van der Waals surface area contributed by atoms with Gasteiger partial charge in [0.2, 0.25) is 0 Å². The first-order valence-corrected chi connectivity index (χ1v) is 8.10. The predicted octanol–water partition coefficient (Wildman–Crippen LogP) is 3.35. The summed E-state index contributed by atoms with van der Waals surface area (Å²) in [6, 6.07) is 2.16. The summed E-state index contributed by atoms with van der Waals surface area (Å²) in [5, 5.41) is 15.8. The Morgan fingerprint density at radius 1 is 1.45 bits per heavy atom. The van der Waals surface area contributed by atoms with Gasteiger partial charge in [0.25, 0.3) is 0 Å². The zero-order valence-corrected chi connectivity index (χ0v) is 13.7. The first kappa shape index (κ1) is 15.6. The summed E-state index contributed by atoms with van der Waals surface area (Å²) in [5.74, 6) is 1.55. The third-order valence-corrected chi connectivity index (χ3v) is 5.04. The fourth-order valence-electron chi connectivity index (χ4n) is 3.97. The molecule has 1 aromatic heterocycles. The van der Waals surface area contributed by atoms with Crippen molar-refractivity contribution in [2.24, 2.45) is 24.8 Å². The number of nitrogens with zero attached hydrogens (tertiary/aromatic N) is 2. The van der Waals surface area contributed by atoms with Crippen LogP contribution >= 0.6 is 0 Å². The van der Waals surface area contributed by atoms with E-state index in [0.29, 0.717) is 17.8 Å². The Labute approximate surface area is 123 Å². The molecule has 114 valence electrons. The van der Waals surface area contributed by atoms with Gasteiger partial charge in [0.05, 0.1) is 11.3 Å². The Balaban J connectivity index is 2.23. The quantitative estimate of drug-likeness (QED) is 0.917. The first-order valence-electron chi connectivity index (χ1n) is 8.10. The molecule has 0 aromatic carbocycles. The van der Waals surface area contributed by atoms with Crippen LogP contribution in [0.25, 0.3) is 0 Å². The smallest absolute Gasteiger partial charge is 0.0735 e. The van der Waals surface area contributed by atoms with E-state index in [1.807, 2.05) is 11.7 Å². The maximum Gasteiger partial charge on any atom is 0.0735 e. The Kier molecular flexibility index (Phi) is 4.58. The SMILES string of the molecule is CCc1cc(CC2(O)CC(C)CCC2C(C)C)n(C)n1. The topological polar surface area (TPSA) is 38.0 Å². The molecule has 20 heavy (non-hydrogen) atoms. The van der Waals surface area contributed by atoms with E-state index in [9.17, 15) is 5.11 Å². The van der Waals surface area contributed by atoms with Crippen molar-refractivity contribution in [3.8, 4) is 0 Å². The largest absolute Gasteiger partial charge is 0.389 e. The number of aromatic nitrogens is 2. The molecular weight excluding hydrogens is 248 g/mol. The number of hydrogen-bond acceptors (Lipinski definition) is 2. The average Bonchev–Trinajstić information content (AvgIpc) is 2.69. The van der Waals surface area contributed by atoms with Crippen LogP contribution in [0, 0.1) is 17.8 Å². The molecule has 2 rings (SSSR count). The predicted molar refractivity (Wildman–Crippen MR) is 82.6 cm³/mol. The minimum Gasteiger partial charge on any atom is -0.389 e. The van der Waals surface area contributed by atoms with E-state index in [2.05, 4.69) is 38.9 Å². The van der Waals surface area contributed by atoms with Gasteiger partial charge in [-0.3, -0.25) is 4.68 Å². The van der Waals surface area contributed by atoms with Crippen molar-refractivity contribution in [3.63, 3.8) is 0 Å². The second-order valence-electron chi connectivity index (χ2n) is 7.12.